The Morgan fingerprint density at radius 3 is 2.24 bits per heavy atom. The summed E-state index contributed by atoms with van der Waals surface area (Å²) in [6.07, 6.45) is 6.58. The Kier molecular flexibility index (Phi) is 8.02. The molecule has 184 valence electrons. The number of nitrogens with two attached hydrogens (primary N) is 1. The van der Waals surface area contributed by atoms with E-state index >= 15 is 0 Å². The van der Waals surface area contributed by atoms with Crippen LogP contribution in [0.25, 0.3) is 0 Å². The molecule has 1 aromatic rings. The van der Waals surface area contributed by atoms with Crippen LogP contribution in [0.2, 0.25) is 0 Å². The summed E-state index contributed by atoms with van der Waals surface area (Å²) in [6.45, 7) is 6.80. The van der Waals surface area contributed by atoms with Crippen molar-refractivity contribution >= 4 is 18.0 Å². The fourth-order valence-corrected chi connectivity index (χ4v) is 4.97. The van der Waals surface area contributed by atoms with Crippen molar-refractivity contribution in [3.8, 4) is 0 Å². The third kappa shape index (κ3) is 6.71. The van der Waals surface area contributed by atoms with Crippen molar-refractivity contribution in [2.75, 3.05) is 20.2 Å². The number of nitrogens with zero attached hydrogens (tertiary/aromatic N) is 2. The average Bonchev–Trinajstić information content (AvgIpc) is 3.22. The van der Waals surface area contributed by atoms with Gasteiger partial charge in [-0.3, -0.25) is 9.59 Å². The molecule has 0 aromatic carbocycles. The average molecular weight is 463 g/mol. The molecule has 0 spiro atoms. The summed E-state index contributed by atoms with van der Waals surface area (Å²) in [7, 11) is 1.42. The van der Waals surface area contributed by atoms with E-state index in [4.69, 9.17) is 15.2 Å². The lowest BCUT2D eigenvalue weighted by molar-refractivity contribution is -0.141. The number of H-pyrrole nitrogens is 1. The molecule has 33 heavy (non-hydrogen) atoms. The molecule has 0 atom stereocenters. The van der Waals surface area contributed by atoms with Gasteiger partial charge in [0.2, 0.25) is 0 Å². The van der Waals surface area contributed by atoms with Crippen LogP contribution in [0.5, 0.6) is 0 Å². The molecule has 2 aliphatic rings. The molecule has 9 heteroatoms. The maximum Gasteiger partial charge on any atom is 0.410 e. The molecule has 2 heterocycles. The number of carbonyl (C=O) groups excluding carboxylic acids is 3. The van der Waals surface area contributed by atoms with Gasteiger partial charge < -0.3 is 25.1 Å². The summed E-state index contributed by atoms with van der Waals surface area (Å²) in [4.78, 5) is 45.3. The first-order chi connectivity index (χ1) is 15.6. The number of carbonyl (C=O) groups is 3. The molecule has 3 N–H and O–H groups in total. The molecular weight excluding hydrogens is 424 g/mol. The number of esters is 1. The Balaban J connectivity index is 1.64. The van der Waals surface area contributed by atoms with Crippen LogP contribution in [-0.4, -0.2) is 58.6 Å². The van der Waals surface area contributed by atoms with Crippen molar-refractivity contribution in [1.29, 1.82) is 0 Å². The normalized spacial score (nSPS) is 22.1. The van der Waals surface area contributed by atoms with E-state index in [1.54, 1.807) is 4.90 Å². The molecule has 1 aliphatic heterocycles. The molecule has 0 radical (unpaired) electrons. The number of primary amides is 1. The number of nitrogens with one attached hydrogen (secondary N) is 1. The number of rotatable bonds is 6. The molecule has 1 aliphatic carbocycles. The first-order valence-corrected chi connectivity index (χ1v) is 12.0. The van der Waals surface area contributed by atoms with E-state index in [1.165, 1.54) is 7.11 Å². The molecule has 3 rings (SSSR count). The largest absolute Gasteiger partial charge is 0.469 e. The smallest absolute Gasteiger partial charge is 0.410 e. The zero-order valence-corrected chi connectivity index (χ0v) is 20.3. The summed E-state index contributed by atoms with van der Waals surface area (Å²) in [6, 6.07) is 0. The van der Waals surface area contributed by atoms with Crippen LogP contribution in [0.1, 0.15) is 106 Å². The lowest BCUT2D eigenvalue weighted by atomic mass is 9.77. The maximum atomic E-state index is 12.4. The van der Waals surface area contributed by atoms with Crippen molar-refractivity contribution in [2.24, 2.45) is 11.7 Å². The van der Waals surface area contributed by atoms with Crippen LogP contribution in [-0.2, 0) is 14.3 Å². The molecule has 2 fully saturated rings. The molecule has 0 unspecified atom stereocenters. The van der Waals surface area contributed by atoms with Crippen LogP contribution in [0, 0.1) is 5.92 Å². The van der Waals surface area contributed by atoms with E-state index < -0.39 is 11.5 Å². The molecule has 9 nitrogen and oxygen atoms in total. The maximum absolute atomic E-state index is 12.4. The summed E-state index contributed by atoms with van der Waals surface area (Å²) in [5.41, 5.74) is 6.96. The molecule has 1 aromatic heterocycles. The van der Waals surface area contributed by atoms with Crippen LogP contribution < -0.4 is 5.73 Å². The van der Waals surface area contributed by atoms with Gasteiger partial charge in [-0.1, -0.05) is 0 Å². The lowest BCUT2D eigenvalue weighted by Crippen LogP contribution is -2.41. The second-order valence-corrected chi connectivity index (χ2v) is 10.3. The van der Waals surface area contributed by atoms with Crippen molar-refractivity contribution < 1.29 is 23.9 Å². The fourth-order valence-electron chi connectivity index (χ4n) is 4.97. The zero-order valence-electron chi connectivity index (χ0n) is 20.3. The number of likely N-dealkylation sites (tertiary alicyclic amines) is 1. The second-order valence-electron chi connectivity index (χ2n) is 10.3. The van der Waals surface area contributed by atoms with Crippen LogP contribution in [0.3, 0.4) is 0 Å². The van der Waals surface area contributed by atoms with Gasteiger partial charge in [0, 0.05) is 37.0 Å². The number of amides is 2. The minimum Gasteiger partial charge on any atom is -0.469 e. The molecule has 1 saturated carbocycles. The van der Waals surface area contributed by atoms with Gasteiger partial charge in [-0.05, 0) is 71.6 Å². The first kappa shape index (κ1) is 25.1. The van der Waals surface area contributed by atoms with E-state index in [0.29, 0.717) is 25.4 Å². The highest BCUT2D eigenvalue weighted by atomic mass is 16.6. The predicted molar refractivity (Wildman–Crippen MR) is 123 cm³/mol. The second kappa shape index (κ2) is 10.6. The highest BCUT2D eigenvalue weighted by Crippen LogP contribution is 2.41. The number of piperidine rings is 1. The quantitative estimate of drug-likeness (QED) is 0.618. The van der Waals surface area contributed by atoms with E-state index in [-0.39, 0.29) is 29.7 Å². The van der Waals surface area contributed by atoms with Gasteiger partial charge in [0.05, 0.1) is 12.8 Å². The lowest BCUT2D eigenvalue weighted by Gasteiger charge is -2.34. The summed E-state index contributed by atoms with van der Waals surface area (Å²) in [5.74, 6) is 0.466. The van der Waals surface area contributed by atoms with Crippen LogP contribution in [0.4, 0.5) is 4.79 Å². The Bertz CT molecular complexity index is 844. The summed E-state index contributed by atoms with van der Waals surface area (Å²) >= 11 is 0. The van der Waals surface area contributed by atoms with Gasteiger partial charge in [0.25, 0.3) is 5.91 Å². The number of aromatic amines is 1. The van der Waals surface area contributed by atoms with Crippen LogP contribution >= 0.6 is 0 Å². The number of aromatic nitrogens is 2. The standard InChI is InChI=1S/C24H38N4O5/c1-24(2,3)33-23(31)28-13-11-17(12-14-28)20-19(26-22(27-20)21(25)30)16-8-5-15(6-9-16)7-10-18(29)32-4/h15-17H,5-14H2,1-4H3,(H2,25,30)(H,26,27). The Morgan fingerprint density at radius 2 is 1.70 bits per heavy atom. The SMILES string of the molecule is COC(=O)CCC1CCC(c2nc(C(N)=O)[nH]c2C2CCN(C(=O)OC(C)(C)C)CC2)CC1. The van der Waals surface area contributed by atoms with E-state index in [1.807, 2.05) is 20.8 Å². The predicted octanol–water partition coefficient (Wildman–Crippen LogP) is 3.85. The topological polar surface area (TPSA) is 128 Å². The van der Waals surface area contributed by atoms with Crippen LogP contribution in [0.15, 0.2) is 0 Å². The van der Waals surface area contributed by atoms with Gasteiger partial charge in [0.15, 0.2) is 5.82 Å². The number of ether oxygens (including phenoxy) is 2. The number of methoxy groups -OCH3 is 1. The molecule has 1 saturated heterocycles. The van der Waals surface area contributed by atoms with Gasteiger partial charge in [-0.2, -0.15) is 0 Å². The molecular formula is C24H38N4O5. The molecule has 0 bridgehead atoms. The first-order valence-electron chi connectivity index (χ1n) is 12.0. The Morgan fingerprint density at radius 1 is 1.06 bits per heavy atom. The minimum atomic E-state index is -0.555. The van der Waals surface area contributed by atoms with Crippen molar-refractivity contribution in [2.45, 2.75) is 89.6 Å². The van der Waals surface area contributed by atoms with E-state index in [2.05, 4.69) is 9.97 Å². The summed E-state index contributed by atoms with van der Waals surface area (Å²) < 4.78 is 10.3. The van der Waals surface area contributed by atoms with Gasteiger partial charge in [-0.25, -0.2) is 9.78 Å². The number of hydrogen-bond acceptors (Lipinski definition) is 6. The number of imidazole rings is 1. The van der Waals surface area contributed by atoms with Gasteiger partial charge >= 0.3 is 12.1 Å². The van der Waals surface area contributed by atoms with E-state index in [9.17, 15) is 14.4 Å². The Labute approximate surface area is 195 Å². The highest BCUT2D eigenvalue weighted by molar-refractivity contribution is 5.89. The van der Waals surface area contributed by atoms with Crippen molar-refractivity contribution in [3.05, 3.63) is 17.2 Å². The molecule has 2 amide bonds. The van der Waals surface area contributed by atoms with Gasteiger partial charge in [0.1, 0.15) is 5.60 Å². The monoisotopic (exact) mass is 462 g/mol. The minimum absolute atomic E-state index is 0.157. The Hall–Kier alpha value is -2.58. The number of hydrogen-bond donors (Lipinski definition) is 2. The highest BCUT2D eigenvalue weighted by Gasteiger charge is 2.33. The van der Waals surface area contributed by atoms with E-state index in [0.717, 1.165) is 56.3 Å². The van der Waals surface area contributed by atoms with Gasteiger partial charge in [-0.15, -0.1) is 0 Å². The zero-order chi connectivity index (χ0) is 24.2. The fraction of sp³-hybridized carbons (Fsp3) is 0.750. The third-order valence-corrected chi connectivity index (χ3v) is 6.77. The van der Waals surface area contributed by atoms with Crippen molar-refractivity contribution in [1.82, 2.24) is 14.9 Å². The summed E-state index contributed by atoms with van der Waals surface area (Å²) in [5, 5.41) is 0. The third-order valence-electron chi connectivity index (χ3n) is 6.77. The van der Waals surface area contributed by atoms with Crippen molar-refractivity contribution in [3.63, 3.8) is 0 Å².